The second-order valence-corrected chi connectivity index (χ2v) is 4.01. The molecule has 2 aromatic rings. The summed E-state index contributed by atoms with van der Waals surface area (Å²) in [6, 6.07) is 4.94. The van der Waals surface area contributed by atoms with Gasteiger partial charge in [0.15, 0.2) is 0 Å². The maximum atomic E-state index is 13.1. The molecule has 0 fully saturated rings. The molecule has 0 radical (unpaired) electrons. The maximum absolute atomic E-state index is 13.1. The van der Waals surface area contributed by atoms with Gasteiger partial charge in [-0.15, -0.1) is 0 Å². The highest BCUT2D eigenvalue weighted by Crippen LogP contribution is 2.21. The highest BCUT2D eigenvalue weighted by molar-refractivity contribution is 5.83. The number of nitrogens with zero attached hydrogens (tertiary/aromatic N) is 1. The number of hydrogen-bond donors (Lipinski definition) is 0. The molecule has 0 amide bonds. The van der Waals surface area contributed by atoms with Crippen LogP contribution in [-0.2, 0) is 11.3 Å². The van der Waals surface area contributed by atoms with Crippen molar-refractivity contribution in [3.63, 3.8) is 0 Å². The molecular formula is C13H16FNO. The number of halogens is 1. The van der Waals surface area contributed by atoms with Gasteiger partial charge >= 0.3 is 0 Å². The summed E-state index contributed by atoms with van der Waals surface area (Å²) in [6.07, 6.45) is 3.04. The molecular weight excluding hydrogens is 205 g/mol. The monoisotopic (exact) mass is 221 g/mol. The molecule has 1 aromatic heterocycles. The first-order chi connectivity index (χ1) is 7.72. The van der Waals surface area contributed by atoms with Crippen molar-refractivity contribution in [2.75, 3.05) is 13.7 Å². The molecule has 0 N–H and O–H groups in total. The van der Waals surface area contributed by atoms with E-state index < -0.39 is 0 Å². The molecule has 0 saturated carbocycles. The van der Waals surface area contributed by atoms with Gasteiger partial charge in [-0.25, -0.2) is 4.39 Å². The quantitative estimate of drug-likeness (QED) is 0.723. The number of methoxy groups -OCH3 is 1. The molecule has 3 heteroatoms. The zero-order chi connectivity index (χ0) is 11.5. The summed E-state index contributed by atoms with van der Waals surface area (Å²) in [4.78, 5) is 0. The summed E-state index contributed by atoms with van der Waals surface area (Å²) in [5, 5.41) is 0.998. The van der Waals surface area contributed by atoms with E-state index in [0.717, 1.165) is 36.0 Å². The molecule has 0 atom stereocenters. The summed E-state index contributed by atoms with van der Waals surface area (Å²) in [5.41, 5.74) is 2.21. The van der Waals surface area contributed by atoms with Gasteiger partial charge in [0, 0.05) is 37.4 Å². The highest BCUT2D eigenvalue weighted by Gasteiger charge is 2.05. The molecule has 0 saturated heterocycles. The van der Waals surface area contributed by atoms with Crippen LogP contribution in [0.1, 0.15) is 12.0 Å². The van der Waals surface area contributed by atoms with Gasteiger partial charge in [-0.2, -0.15) is 0 Å². The number of ether oxygens (including phenoxy) is 1. The Morgan fingerprint density at radius 3 is 2.94 bits per heavy atom. The fourth-order valence-corrected chi connectivity index (χ4v) is 2.01. The maximum Gasteiger partial charge on any atom is 0.123 e. The second-order valence-electron chi connectivity index (χ2n) is 4.01. The minimum atomic E-state index is -0.176. The van der Waals surface area contributed by atoms with Crippen LogP contribution in [0.25, 0.3) is 10.9 Å². The van der Waals surface area contributed by atoms with Crippen molar-refractivity contribution >= 4 is 10.9 Å². The summed E-state index contributed by atoms with van der Waals surface area (Å²) >= 11 is 0. The predicted octanol–water partition coefficient (Wildman–Crippen LogP) is 3.13. The molecule has 0 aliphatic carbocycles. The Labute approximate surface area is 94.6 Å². The minimum absolute atomic E-state index is 0.176. The van der Waals surface area contributed by atoms with Crippen molar-refractivity contribution in [3.05, 3.63) is 35.8 Å². The van der Waals surface area contributed by atoms with Gasteiger partial charge in [-0.05, 0) is 37.1 Å². The van der Waals surface area contributed by atoms with Crippen molar-refractivity contribution < 1.29 is 9.13 Å². The van der Waals surface area contributed by atoms with E-state index in [1.165, 1.54) is 6.07 Å². The third kappa shape index (κ3) is 2.09. The van der Waals surface area contributed by atoms with E-state index in [1.807, 2.05) is 13.0 Å². The van der Waals surface area contributed by atoms with Crippen molar-refractivity contribution in [1.29, 1.82) is 0 Å². The largest absolute Gasteiger partial charge is 0.385 e. The van der Waals surface area contributed by atoms with E-state index in [9.17, 15) is 4.39 Å². The van der Waals surface area contributed by atoms with E-state index in [1.54, 1.807) is 13.2 Å². The minimum Gasteiger partial charge on any atom is -0.385 e. The van der Waals surface area contributed by atoms with Gasteiger partial charge in [0.2, 0.25) is 0 Å². The standard InChI is InChI=1S/C13H16FNO/c1-10-9-15(6-3-7-16-2)13-5-4-11(14)8-12(10)13/h4-5,8-9H,3,6-7H2,1-2H3. The molecule has 1 heterocycles. The molecule has 0 spiro atoms. The highest BCUT2D eigenvalue weighted by atomic mass is 19.1. The fraction of sp³-hybridized carbons (Fsp3) is 0.385. The molecule has 2 rings (SSSR count). The predicted molar refractivity (Wildman–Crippen MR) is 63.1 cm³/mol. The van der Waals surface area contributed by atoms with E-state index in [4.69, 9.17) is 4.74 Å². The van der Waals surface area contributed by atoms with Gasteiger partial charge in [0.25, 0.3) is 0 Å². The van der Waals surface area contributed by atoms with Gasteiger partial charge in [-0.1, -0.05) is 0 Å². The van der Waals surface area contributed by atoms with Gasteiger partial charge in [0.05, 0.1) is 0 Å². The molecule has 0 unspecified atom stereocenters. The van der Waals surface area contributed by atoms with Crippen LogP contribution >= 0.6 is 0 Å². The molecule has 2 nitrogen and oxygen atoms in total. The van der Waals surface area contributed by atoms with Crippen LogP contribution in [0, 0.1) is 12.7 Å². The third-order valence-electron chi connectivity index (χ3n) is 2.79. The Kier molecular flexibility index (Phi) is 3.25. The first kappa shape index (κ1) is 11.1. The molecule has 16 heavy (non-hydrogen) atoms. The van der Waals surface area contributed by atoms with Crippen molar-refractivity contribution in [2.45, 2.75) is 19.9 Å². The molecule has 0 aliphatic heterocycles. The van der Waals surface area contributed by atoms with E-state index in [2.05, 4.69) is 10.8 Å². The summed E-state index contributed by atoms with van der Waals surface area (Å²) in [6.45, 7) is 3.67. The van der Waals surface area contributed by atoms with E-state index in [0.29, 0.717) is 0 Å². The topological polar surface area (TPSA) is 14.2 Å². The Balaban J connectivity index is 2.32. The lowest BCUT2D eigenvalue weighted by Crippen LogP contribution is -1.99. The average Bonchev–Trinajstić information content (AvgIpc) is 2.56. The zero-order valence-electron chi connectivity index (χ0n) is 9.66. The van der Waals surface area contributed by atoms with Crippen molar-refractivity contribution in [2.24, 2.45) is 0 Å². The Morgan fingerprint density at radius 1 is 1.38 bits per heavy atom. The number of rotatable bonds is 4. The second kappa shape index (κ2) is 4.66. The smallest absolute Gasteiger partial charge is 0.123 e. The van der Waals surface area contributed by atoms with Gasteiger partial charge < -0.3 is 9.30 Å². The number of fused-ring (bicyclic) bond motifs is 1. The van der Waals surface area contributed by atoms with E-state index >= 15 is 0 Å². The third-order valence-corrected chi connectivity index (χ3v) is 2.79. The lowest BCUT2D eigenvalue weighted by molar-refractivity contribution is 0.190. The molecule has 86 valence electrons. The lowest BCUT2D eigenvalue weighted by Gasteiger charge is -2.04. The number of benzene rings is 1. The van der Waals surface area contributed by atoms with Crippen molar-refractivity contribution in [3.8, 4) is 0 Å². The van der Waals surface area contributed by atoms with Crippen LogP contribution in [-0.4, -0.2) is 18.3 Å². The summed E-state index contributed by atoms with van der Waals surface area (Å²) in [5.74, 6) is -0.176. The van der Waals surface area contributed by atoms with Crippen LogP contribution in [0.2, 0.25) is 0 Å². The number of aryl methyl sites for hydroxylation is 2. The first-order valence-electron chi connectivity index (χ1n) is 5.46. The Bertz CT molecular complexity index is 490. The molecule has 0 bridgehead atoms. The summed E-state index contributed by atoms with van der Waals surface area (Å²) < 4.78 is 20.3. The SMILES string of the molecule is COCCCn1cc(C)c2cc(F)ccc21. The van der Waals surface area contributed by atoms with Gasteiger partial charge in [0.1, 0.15) is 5.82 Å². The van der Waals surface area contributed by atoms with E-state index in [-0.39, 0.29) is 5.82 Å². The van der Waals surface area contributed by atoms with Gasteiger partial charge in [-0.3, -0.25) is 0 Å². The van der Waals surface area contributed by atoms with Crippen LogP contribution < -0.4 is 0 Å². The first-order valence-corrected chi connectivity index (χ1v) is 5.46. The van der Waals surface area contributed by atoms with Crippen LogP contribution in [0.4, 0.5) is 4.39 Å². The molecule has 0 aliphatic rings. The van der Waals surface area contributed by atoms with Crippen LogP contribution in [0.5, 0.6) is 0 Å². The number of hydrogen-bond acceptors (Lipinski definition) is 1. The number of aromatic nitrogens is 1. The zero-order valence-corrected chi connectivity index (χ0v) is 9.66. The lowest BCUT2D eigenvalue weighted by atomic mass is 10.2. The average molecular weight is 221 g/mol. The molecule has 1 aromatic carbocycles. The van der Waals surface area contributed by atoms with Crippen LogP contribution in [0.3, 0.4) is 0 Å². The fourth-order valence-electron chi connectivity index (χ4n) is 2.01. The normalized spacial score (nSPS) is 11.2. The Hall–Kier alpha value is -1.35. The Morgan fingerprint density at radius 2 is 2.19 bits per heavy atom. The summed E-state index contributed by atoms with van der Waals surface area (Å²) in [7, 11) is 1.70. The van der Waals surface area contributed by atoms with Crippen molar-refractivity contribution in [1.82, 2.24) is 4.57 Å². The van der Waals surface area contributed by atoms with Crippen LogP contribution in [0.15, 0.2) is 24.4 Å².